The van der Waals surface area contributed by atoms with Gasteiger partial charge in [0.25, 0.3) is 5.91 Å². The van der Waals surface area contributed by atoms with Gasteiger partial charge in [-0.1, -0.05) is 6.07 Å². The van der Waals surface area contributed by atoms with Crippen LogP contribution < -0.4 is 10.1 Å². The number of hydrogen-bond acceptors (Lipinski definition) is 6. The van der Waals surface area contributed by atoms with Gasteiger partial charge in [0.05, 0.1) is 22.9 Å². The van der Waals surface area contributed by atoms with Crippen LogP contribution in [0, 0.1) is 5.92 Å². The molecule has 1 aliphatic heterocycles. The smallest absolute Gasteiger partial charge is 0.415 e. The second-order valence-corrected chi connectivity index (χ2v) is 11.1. The summed E-state index contributed by atoms with van der Waals surface area (Å²) >= 11 is 0. The van der Waals surface area contributed by atoms with Gasteiger partial charge in [-0.15, -0.1) is 0 Å². The summed E-state index contributed by atoms with van der Waals surface area (Å²) in [6.07, 6.45) is -2.04. The summed E-state index contributed by atoms with van der Waals surface area (Å²) in [7, 11) is 0. The van der Waals surface area contributed by atoms with E-state index in [-0.39, 0.29) is 18.1 Å². The van der Waals surface area contributed by atoms with E-state index in [9.17, 15) is 23.1 Å². The van der Waals surface area contributed by atoms with E-state index in [1.807, 2.05) is 54.6 Å². The Balaban J connectivity index is 1.10. The molecule has 42 heavy (non-hydrogen) atoms. The zero-order chi connectivity index (χ0) is 29.3. The van der Waals surface area contributed by atoms with E-state index in [0.717, 1.165) is 35.0 Å². The molecule has 1 amide bonds. The topological polar surface area (TPSA) is 103 Å². The molecule has 220 valence electrons. The third kappa shape index (κ3) is 6.42. The van der Waals surface area contributed by atoms with Crippen LogP contribution in [-0.2, 0) is 0 Å². The molecule has 8 nitrogen and oxygen atoms in total. The van der Waals surface area contributed by atoms with Crippen LogP contribution in [0.3, 0.4) is 0 Å². The number of aliphatic hydroxyl groups excluding tert-OH is 1. The molecule has 1 aliphatic carbocycles. The molecule has 2 atom stereocenters. The van der Waals surface area contributed by atoms with Crippen LogP contribution in [0.4, 0.5) is 13.2 Å². The van der Waals surface area contributed by atoms with E-state index in [4.69, 9.17) is 4.74 Å². The zero-order valence-corrected chi connectivity index (χ0v) is 22.8. The second-order valence-electron chi connectivity index (χ2n) is 11.1. The van der Waals surface area contributed by atoms with Gasteiger partial charge in [-0.05, 0) is 86.2 Å². The van der Waals surface area contributed by atoms with Crippen molar-refractivity contribution in [1.29, 1.82) is 0 Å². The van der Waals surface area contributed by atoms with Crippen LogP contribution in [0.1, 0.15) is 47.8 Å². The number of β-amino-alcohol motifs (C(OH)–C–C–N with tert-alkyl or cyclic N) is 1. The van der Waals surface area contributed by atoms with Gasteiger partial charge in [0, 0.05) is 42.3 Å². The van der Waals surface area contributed by atoms with Crippen LogP contribution in [0.25, 0.3) is 22.2 Å². The summed E-state index contributed by atoms with van der Waals surface area (Å²) in [5, 5.41) is 20.9. The van der Waals surface area contributed by atoms with Crippen LogP contribution in [0.5, 0.6) is 5.75 Å². The molecule has 6 rings (SSSR count). The molecule has 2 aromatic carbocycles. The van der Waals surface area contributed by atoms with Crippen LogP contribution in [0.15, 0.2) is 66.9 Å². The lowest BCUT2D eigenvalue weighted by molar-refractivity contribution is -0.208. The summed E-state index contributed by atoms with van der Waals surface area (Å²) in [5.74, 6) is 0.898. The molecule has 2 fully saturated rings. The number of carbonyl (C=O) groups excluding carboxylic acids is 1. The lowest BCUT2D eigenvalue weighted by Gasteiger charge is -2.33. The predicted molar refractivity (Wildman–Crippen MR) is 151 cm³/mol. The van der Waals surface area contributed by atoms with Crippen molar-refractivity contribution in [2.75, 3.05) is 19.6 Å². The van der Waals surface area contributed by atoms with Crippen LogP contribution in [0.2, 0.25) is 0 Å². The maximum atomic E-state index is 13.3. The molecule has 0 bridgehead atoms. The lowest BCUT2D eigenvalue weighted by Crippen LogP contribution is -2.45. The Bertz CT molecular complexity index is 1510. The maximum absolute atomic E-state index is 13.3. The molecule has 0 spiro atoms. The molecule has 2 aliphatic rings. The summed E-state index contributed by atoms with van der Waals surface area (Å²) < 4.78 is 44.0. The van der Waals surface area contributed by atoms with Crippen molar-refractivity contribution in [2.24, 2.45) is 5.92 Å². The number of piperidine rings is 1. The average molecular weight is 580 g/mol. The van der Waals surface area contributed by atoms with Gasteiger partial charge in [-0.25, -0.2) is 0 Å². The number of nitrogens with zero attached hydrogens (tertiary/aromatic N) is 3. The van der Waals surface area contributed by atoms with Crippen LogP contribution >= 0.6 is 0 Å². The van der Waals surface area contributed by atoms with Gasteiger partial charge in [0.2, 0.25) is 0 Å². The average Bonchev–Trinajstić information content (AvgIpc) is 3.75. The van der Waals surface area contributed by atoms with Crippen molar-refractivity contribution >= 4 is 16.8 Å². The minimum atomic E-state index is -4.61. The molecule has 1 saturated carbocycles. The van der Waals surface area contributed by atoms with E-state index < -0.39 is 18.8 Å². The van der Waals surface area contributed by atoms with Gasteiger partial charge in [0.15, 0.2) is 6.10 Å². The fourth-order valence-corrected chi connectivity index (χ4v) is 5.46. The third-order valence-electron chi connectivity index (χ3n) is 7.99. The zero-order valence-electron chi connectivity index (χ0n) is 22.8. The van der Waals surface area contributed by atoms with Crippen molar-refractivity contribution < 1.29 is 27.8 Å². The molecule has 1 saturated heterocycles. The number of alkyl halides is 3. The highest BCUT2D eigenvalue weighted by atomic mass is 19.4. The SMILES string of the molecule is O=C(N[C@H](c1ccccn1)C1CC1)c1ccc2[nH]nc(-c3ccc(OC4CCN(CC(O)C(F)(F)F)CC4)cc3)c2c1. The number of rotatable bonds is 9. The highest BCUT2D eigenvalue weighted by Gasteiger charge is 2.39. The fourth-order valence-electron chi connectivity index (χ4n) is 5.46. The van der Waals surface area contributed by atoms with Gasteiger partial charge in [-0.3, -0.25) is 14.9 Å². The number of H-pyrrole nitrogens is 1. The Morgan fingerprint density at radius 2 is 1.83 bits per heavy atom. The van der Waals surface area contributed by atoms with Gasteiger partial charge in [0.1, 0.15) is 11.9 Å². The molecule has 3 heterocycles. The molecule has 4 aromatic rings. The number of aromatic nitrogens is 3. The first kappa shape index (κ1) is 28.2. The monoisotopic (exact) mass is 579 g/mol. The number of aromatic amines is 1. The Morgan fingerprint density at radius 3 is 2.50 bits per heavy atom. The van der Waals surface area contributed by atoms with E-state index in [0.29, 0.717) is 48.9 Å². The lowest BCUT2D eigenvalue weighted by atomic mass is 10.0. The summed E-state index contributed by atoms with van der Waals surface area (Å²) in [6.45, 7) is 0.430. The standard InChI is InChI=1S/C31H32F3N5O3/c32-31(33,34)27(40)18-39-15-12-23(13-16-39)42-22-9-6-19(7-10-22)28-24-17-21(8-11-25(24)37-38-28)30(41)36-29(20-4-5-20)26-3-1-2-14-35-26/h1-3,6-11,14,17,20,23,27,29,40H,4-5,12-13,15-16,18H2,(H,36,41)(H,37,38)/t27?,29-/m0/s1. The number of aliphatic hydroxyl groups is 1. The number of pyridine rings is 1. The normalized spacial score (nSPS) is 18.1. The second kappa shape index (κ2) is 11.7. The molecule has 2 aromatic heterocycles. The number of nitrogens with one attached hydrogen (secondary N) is 2. The summed E-state index contributed by atoms with van der Waals surface area (Å²) in [5.41, 5.74) is 3.79. The number of likely N-dealkylation sites (tertiary alicyclic amines) is 1. The van der Waals surface area contributed by atoms with Gasteiger partial charge in [-0.2, -0.15) is 18.3 Å². The first-order chi connectivity index (χ1) is 20.2. The Kier molecular flexibility index (Phi) is 7.87. The van der Waals surface area contributed by atoms with Crippen molar-refractivity contribution in [2.45, 2.75) is 50.1 Å². The number of halogens is 3. The molecular formula is C31H32F3N5O3. The fraction of sp³-hybridized carbons (Fsp3) is 0.387. The Morgan fingerprint density at radius 1 is 1.07 bits per heavy atom. The Labute approximate surface area is 240 Å². The highest BCUT2D eigenvalue weighted by Crippen LogP contribution is 2.40. The van der Waals surface area contributed by atoms with Crippen molar-refractivity contribution in [3.8, 4) is 17.0 Å². The maximum Gasteiger partial charge on any atom is 0.415 e. The minimum absolute atomic E-state index is 0.118. The van der Waals surface area contributed by atoms with Crippen molar-refractivity contribution in [1.82, 2.24) is 25.4 Å². The minimum Gasteiger partial charge on any atom is -0.490 e. The number of amides is 1. The molecule has 11 heteroatoms. The first-order valence-corrected chi connectivity index (χ1v) is 14.2. The van der Waals surface area contributed by atoms with E-state index in [1.54, 1.807) is 17.2 Å². The molecule has 3 N–H and O–H groups in total. The van der Waals surface area contributed by atoms with Crippen molar-refractivity contribution in [3.05, 3.63) is 78.1 Å². The van der Waals surface area contributed by atoms with Gasteiger partial charge >= 0.3 is 6.18 Å². The molecular weight excluding hydrogens is 547 g/mol. The highest BCUT2D eigenvalue weighted by molar-refractivity contribution is 6.01. The third-order valence-corrected chi connectivity index (χ3v) is 7.99. The summed E-state index contributed by atoms with van der Waals surface area (Å²) in [6, 6.07) is 18.6. The Hall–Kier alpha value is -3.96. The van der Waals surface area contributed by atoms with Crippen molar-refractivity contribution in [3.63, 3.8) is 0 Å². The molecule has 1 unspecified atom stereocenters. The summed E-state index contributed by atoms with van der Waals surface area (Å²) in [4.78, 5) is 19.3. The van der Waals surface area contributed by atoms with E-state index >= 15 is 0 Å². The number of ether oxygens (including phenoxy) is 1. The van der Waals surface area contributed by atoms with Gasteiger partial charge < -0.3 is 20.1 Å². The quantitative estimate of drug-likeness (QED) is 0.250. The van der Waals surface area contributed by atoms with E-state index in [2.05, 4.69) is 20.5 Å². The number of fused-ring (bicyclic) bond motifs is 1. The molecule has 0 radical (unpaired) electrons. The first-order valence-electron chi connectivity index (χ1n) is 14.2. The number of benzene rings is 2. The largest absolute Gasteiger partial charge is 0.490 e. The van der Waals surface area contributed by atoms with E-state index in [1.165, 1.54) is 0 Å². The predicted octanol–water partition coefficient (Wildman–Crippen LogP) is 5.27. The van der Waals surface area contributed by atoms with Crippen LogP contribution in [-0.4, -0.2) is 69.1 Å². The number of carbonyl (C=O) groups is 1. The number of hydrogen-bond donors (Lipinski definition) is 3.